The van der Waals surface area contributed by atoms with Crippen LogP contribution in [0.2, 0.25) is 0 Å². The third kappa shape index (κ3) is 2.21. The number of ether oxygens (including phenoxy) is 1. The van der Waals surface area contributed by atoms with Crippen LogP contribution >= 0.6 is 0 Å². The second-order valence-corrected chi connectivity index (χ2v) is 2.57. The van der Waals surface area contributed by atoms with E-state index in [9.17, 15) is 14.4 Å². The lowest BCUT2D eigenvalue weighted by molar-refractivity contribution is -0.165. The standard InChI is InChI=1S/C9H7NO5/c1-2-5-15-9(14)8(13)10-6(11)3-4-7(10)12/h1,3-4,6,11H,5H2. The highest BCUT2D eigenvalue weighted by Crippen LogP contribution is 2.09. The molecule has 0 aliphatic carbocycles. The zero-order valence-electron chi connectivity index (χ0n) is 7.54. The van der Waals surface area contributed by atoms with E-state index in [1.807, 2.05) is 5.92 Å². The highest BCUT2D eigenvalue weighted by molar-refractivity contribution is 6.36. The van der Waals surface area contributed by atoms with Crippen molar-refractivity contribution in [2.45, 2.75) is 6.23 Å². The maximum atomic E-state index is 11.2. The van der Waals surface area contributed by atoms with E-state index in [-0.39, 0.29) is 6.61 Å². The lowest BCUT2D eigenvalue weighted by Gasteiger charge is -2.16. The molecule has 1 atom stereocenters. The summed E-state index contributed by atoms with van der Waals surface area (Å²) in [6.07, 6.45) is 5.44. The fourth-order valence-electron chi connectivity index (χ4n) is 0.953. The van der Waals surface area contributed by atoms with Crippen molar-refractivity contribution in [2.24, 2.45) is 0 Å². The summed E-state index contributed by atoms with van der Waals surface area (Å²) in [6.45, 7) is -0.365. The van der Waals surface area contributed by atoms with Crippen LogP contribution < -0.4 is 0 Å². The van der Waals surface area contributed by atoms with Crippen LogP contribution in [0.3, 0.4) is 0 Å². The molecule has 1 N–H and O–H groups in total. The van der Waals surface area contributed by atoms with Crippen molar-refractivity contribution in [3.63, 3.8) is 0 Å². The molecule has 0 spiro atoms. The molecule has 1 unspecified atom stereocenters. The van der Waals surface area contributed by atoms with E-state index in [0.29, 0.717) is 4.90 Å². The minimum absolute atomic E-state index is 0.365. The van der Waals surface area contributed by atoms with E-state index in [1.165, 1.54) is 0 Å². The topological polar surface area (TPSA) is 83.9 Å². The van der Waals surface area contributed by atoms with Crippen molar-refractivity contribution in [2.75, 3.05) is 6.61 Å². The fourth-order valence-corrected chi connectivity index (χ4v) is 0.953. The molecule has 1 aliphatic heterocycles. The number of hydrogen-bond acceptors (Lipinski definition) is 5. The number of aliphatic hydroxyl groups excluding tert-OH is 1. The zero-order valence-corrected chi connectivity index (χ0v) is 7.54. The van der Waals surface area contributed by atoms with E-state index in [4.69, 9.17) is 11.5 Å². The second-order valence-electron chi connectivity index (χ2n) is 2.57. The van der Waals surface area contributed by atoms with Crippen molar-refractivity contribution in [3.8, 4) is 12.3 Å². The second kappa shape index (κ2) is 4.39. The third-order valence-electron chi connectivity index (χ3n) is 1.59. The lowest BCUT2D eigenvalue weighted by Crippen LogP contribution is -2.43. The molecule has 0 aromatic heterocycles. The van der Waals surface area contributed by atoms with E-state index < -0.39 is 24.0 Å². The molecular formula is C9H7NO5. The smallest absolute Gasteiger partial charge is 0.398 e. The van der Waals surface area contributed by atoms with Crippen LogP contribution in [0.4, 0.5) is 0 Å². The number of esters is 1. The highest BCUT2D eigenvalue weighted by Gasteiger charge is 2.35. The minimum atomic E-state index is -1.43. The van der Waals surface area contributed by atoms with Crippen LogP contribution in [0.1, 0.15) is 0 Å². The Morgan fingerprint density at radius 2 is 2.33 bits per heavy atom. The summed E-state index contributed by atoms with van der Waals surface area (Å²) in [5, 5.41) is 9.15. The van der Waals surface area contributed by atoms with Crippen LogP contribution in [-0.4, -0.2) is 40.6 Å². The van der Waals surface area contributed by atoms with Crippen molar-refractivity contribution in [1.29, 1.82) is 0 Å². The van der Waals surface area contributed by atoms with Crippen molar-refractivity contribution in [3.05, 3.63) is 12.2 Å². The summed E-state index contributed by atoms with van der Waals surface area (Å²) < 4.78 is 4.30. The molecule has 15 heavy (non-hydrogen) atoms. The van der Waals surface area contributed by atoms with Gasteiger partial charge in [0.2, 0.25) is 0 Å². The third-order valence-corrected chi connectivity index (χ3v) is 1.59. The van der Waals surface area contributed by atoms with Gasteiger partial charge in [-0.05, 0) is 6.08 Å². The molecular weight excluding hydrogens is 202 g/mol. The van der Waals surface area contributed by atoms with Gasteiger partial charge in [0.25, 0.3) is 5.91 Å². The molecule has 78 valence electrons. The van der Waals surface area contributed by atoms with Gasteiger partial charge in [0.15, 0.2) is 12.8 Å². The molecule has 6 heteroatoms. The Hall–Kier alpha value is -2.13. The van der Waals surface area contributed by atoms with Gasteiger partial charge in [-0.2, -0.15) is 0 Å². The Bertz CT molecular complexity index is 378. The first-order chi connectivity index (χ1) is 7.07. The Balaban J connectivity index is 2.65. The van der Waals surface area contributed by atoms with Crippen molar-refractivity contribution in [1.82, 2.24) is 4.90 Å². The number of aliphatic hydroxyl groups is 1. The summed E-state index contributed by atoms with van der Waals surface area (Å²) in [6, 6.07) is 0. The van der Waals surface area contributed by atoms with Gasteiger partial charge in [0.1, 0.15) is 0 Å². The maximum Gasteiger partial charge on any atom is 0.398 e. The van der Waals surface area contributed by atoms with E-state index >= 15 is 0 Å². The average molecular weight is 209 g/mol. The molecule has 0 aromatic rings. The molecule has 1 heterocycles. The average Bonchev–Trinajstić information content (AvgIpc) is 2.54. The van der Waals surface area contributed by atoms with Gasteiger partial charge in [-0.1, -0.05) is 5.92 Å². The van der Waals surface area contributed by atoms with Crippen LogP contribution in [0, 0.1) is 12.3 Å². The summed E-state index contributed by atoms with van der Waals surface area (Å²) in [4.78, 5) is 33.6. The van der Waals surface area contributed by atoms with Crippen LogP contribution in [0.25, 0.3) is 0 Å². The number of terminal acetylenes is 1. The van der Waals surface area contributed by atoms with Gasteiger partial charge in [-0.25, -0.2) is 9.69 Å². The first-order valence-corrected chi connectivity index (χ1v) is 3.92. The van der Waals surface area contributed by atoms with E-state index in [0.717, 1.165) is 12.2 Å². The number of rotatable bonds is 1. The predicted molar refractivity (Wildman–Crippen MR) is 46.8 cm³/mol. The van der Waals surface area contributed by atoms with Gasteiger partial charge >= 0.3 is 11.9 Å². The maximum absolute atomic E-state index is 11.2. The number of carbonyl (C=O) groups is 3. The van der Waals surface area contributed by atoms with Crippen LogP contribution in [0.5, 0.6) is 0 Å². The van der Waals surface area contributed by atoms with Crippen molar-refractivity contribution < 1.29 is 24.2 Å². The number of imide groups is 1. The number of hydrogen-bond donors (Lipinski definition) is 1. The summed E-state index contributed by atoms with van der Waals surface area (Å²) >= 11 is 0. The van der Waals surface area contributed by atoms with Gasteiger partial charge in [0.05, 0.1) is 0 Å². The molecule has 6 nitrogen and oxygen atoms in total. The molecule has 0 aromatic carbocycles. The Morgan fingerprint density at radius 1 is 1.67 bits per heavy atom. The monoisotopic (exact) mass is 209 g/mol. The molecule has 0 fully saturated rings. The van der Waals surface area contributed by atoms with Crippen LogP contribution in [-0.2, 0) is 19.1 Å². The fraction of sp³-hybridized carbons (Fsp3) is 0.222. The first kappa shape index (κ1) is 10.9. The van der Waals surface area contributed by atoms with Crippen LogP contribution in [0.15, 0.2) is 12.2 Å². The highest BCUT2D eigenvalue weighted by atomic mass is 16.5. The molecule has 0 radical (unpaired) electrons. The molecule has 1 rings (SSSR count). The Labute approximate surface area is 85.1 Å². The minimum Gasteiger partial charge on any atom is -0.445 e. The summed E-state index contributed by atoms with van der Waals surface area (Å²) in [5.41, 5.74) is 0. The lowest BCUT2D eigenvalue weighted by atomic mass is 10.5. The number of amides is 2. The number of carbonyl (C=O) groups excluding carboxylic acids is 3. The molecule has 0 bridgehead atoms. The van der Waals surface area contributed by atoms with E-state index in [1.54, 1.807) is 0 Å². The van der Waals surface area contributed by atoms with Crippen molar-refractivity contribution >= 4 is 17.8 Å². The quantitative estimate of drug-likeness (QED) is 0.319. The predicted octanol–water partition coefficient (Wildman–Crippen LogP) is -1.59. The Kier molecular flexibility index (Phi) is 3.21. The largest absolute Gasteiger partial charge is 0.445 e. The summed E-state index contributed by atoms with van der Waals surface area (Å²) in [7, 11) is 0. The molecule has 0 saturated heterocycles. The van der Waals surface area contributed by atoms with Gasteiger partial charge < -0.3 is 9.84 Å². The molecule has 1 aliphatic rings. The van der Waals surface area contributed by atoms with Gasteiger partial charge in [-0.3, -0.25) is 9.59 Å². The Morgan fingerprint density at radius 3 is 2.80 bits per heavy atom. The normalized spacial score (nSPS) is 18.8. The SMILES string of the molecule is C#CCOC(=O)C(=O)N1C(=O)C=CC1O. The molecule has 0 saturated carbocycles. The zero-order chi connectivity index (χ0) is 11.4. The van der Waals surface area contributed by atoms with Gasteiger partial charge in [0, 0.05) is 6.08 Å². The summed E-state index contributed by atoms with van der Waals surface area (Å²) in [5.74, 6) is -1.30. The number of nitrogens with zero attached hydrogens (tertiary/aromatic N) is 1. The first-order valence-electron chi connectivity index (χ1n) is 3.92. The molecule has 2 amide bonds. The van der Waals surface area contributed by atoms with Gasteiger partial charge in [-0.15, -0.1) is 6.42 Å². The van der Waals surface area contributed by atoms with E-state index in [2.05, 4.69) is 4.74 Å².